The van der Waals surface area contributed by atoms with Gasteiger partial charge in [0.15, 0.2) is 0 Å². The normalized spacial score (nSPS) is 15.1. The van der Waals surface area contributed by atoms with Gasteiger partial charge in [-0.1, -0.05) is 12.8 Å². The zero-order chi connectivity index (χ0) is 15.4. The van der Waals surface area contributed by atoms with Crippen molar-refractivity contribution in [2.75, 3.05) is 11.9 Å². The minimum Gasteiger partial charge on any atom is -0.319 e. The molecule has 1 aromatic rings. The van der Waals surface area contributed by atoms with Gasteiger partial charge in [-0.2, -0.15) is 0 Å². The fourth-order valence-electron chi connectivity index (χ4n) is 2.61. The Morgan fingerprint density at radius 2 is 1.90 bits per heavy atom. The molecule has 1 fully saturated rings. The van der Waals surface area contributed by atoms with Crippen molar-refractivity contribution >= 4 is 17.3 Å². The van der Waals surface area contributed by atoms with Crippen LogP contribution in [-0.4, -0.2) is 23.4 Å². The molecular formula is C15H21N3O3. The lowest BCUT2D eigenvalue weighted by atomic mass is 10.1. The van der Waals surface area contributed by atoms with Gasteiger partial charge in [0.25, 0.3) is 5.69 Å². The van der Waals surface area contributed by atoms with Crippen LogP contribution in [0, 0.1) is 24.0 Å². The summed E-state index contributed by atoms with van der Waals surface area (Å²) < 4.78 is 0. The SMILES string of the molecule is Cc1cc(NC(=O)CNC2CCCC2)c([N+](=O)[O-])cc1C. The highest BCUT2D eigenvalue weighted by Gasteiger charge is 2.19. The van der Waals surface area contributed by atoms with Crippen LogP contribution in [0.3, 0.4) is 0 Å². The molecule has 0 bridgehead atoms. The molecule has 1 aliphatic rings. The van der Waals surface area contributed by atoms with Crippen LogP contribution in [0.25, 0.3) is 0 Å². The molecule has 2 rings (SSSR count). The van der Waals surface area contributed by atoms with Gasteiger partial charge in [-0.25, -0.2) is 0 Å². The number of hydrogen-bond acceptors (Lipinski definition) is 4. The maximum Gasteiger partial charge on any atom is 0.293 e. The smallest absolute Gasteiger partial charge is 0.293 e. The lowest BCUT2D eigenvalue weighted by Gasteiger charge is -2.12. The van der Waals surface area contributed by atoms with Gasteiger partial charge in [-0.15, -0.1) is 0 Å². The molecule has 114 valence electrons. The first-order valence-corrected chi connectivity index (χ1v) is 7.26. The summed E-state index contributed by atoms with van der Waals surface area (Å²) in [7, 11) is 0. The second-order valence-electron chi connectivity index (χ2n) is 5.62. The maximum atomic E-state index is 11.9. The minimum atomic E-state index is -0.466. The van der Waals surface area contributed by atoms with Gasteiger partial charge in [0.2, 0.25) is 5.91 Å². The van der Waals surface area contributed by atoms with Crippen molar-refractivity contribution in [3.63, 3.8) is 0 Å². The van der Waals surface area contributed by atoms with Gasteiger partial charge in [0, 0.05) is 12.1 Å². The first-order valence-electron chi connectivity index (χ1n) is 7.26. The Kier molecular flexibility index (Phi) is 4.90. The zero-order valence-electron chi connectivity index (χ0n) is 12.4. The highest BCUT2D eigenvalue weighted by Crippen LogP contribution is 2.27. The third-order valence-electron chi connectivity index (χ3n) is 3.99. The number of nitro benzene ring substituents is 1. The summed E-state index contributed by atoms with van der Waals surface area (Å²) in [6, 6.07) is 3.54. The summed E-state index contributed by atoms with van der Waals surface area (Å²) in [6.07, 6.45) is 4.58. The molecule has 21 heavy (non-hydrogen) atoms. The van der Waals surface area contributed by atoms with Crippen LogP contribution in [0.1, 0.15) is 36.8 Å². The highest BCUT2D eigenvalue weighted by atomic mass is 16.6. The van der Waals surface area contributed by atoms with Crippen molar-refractivity contribution in [1.29, 1.82) is 0 Å². The molecule has 0 atom stereocenters. The zero-order valence-corrected chi connectivity index (χ0v) is 12.4. The summed E-state index contributed by atoms with van der Waals surface area (Å²) in [5.41, 5.74) is 1.96. The largest absolute Gasteiger partial charge is 0.319 e. The van der Waals surface area contributed by atoms with Crippen molar-refractivity contribution in [2.24, 2.45) is 0 Å². The summed E-state index contributed by atoms with van der Waals surface area (Å²) in [6.45, 7) is 3.87. The molecule has 0 unspecified atom stereocenters. The summed E-state index contributed by atoms with van der Waals surface area (Å²) in [4.78, 5) is 22.6. The highest BCUT2D eigenvalue weighted by molar-refractivity contribution is 5.94. The number of carbonyl (C=O) groups excluding carboxylic acids is 1. The standard InChI is InChI=1S/C15H21N3O3/c1-10-7-13(14(18(20)21)8-11(10)2)17-15(19)9-16-12-5-3-4-6-12/h7-8,12,16H,3-6,9H2,1-2H3,(H,17,19). The third kappa shape index (κ3) is 4.01. The molecule has 1 amide bonds. The molecule has 2 N–H and O–H groups in total. The van der Waals surface area contributed by atoms with E-state index in [2.05, 4.69) is 10.6 Å². The molecule has 1 aliphatic carbocycles. The number of carbonyl (C=O) groups is 1. The maximum absolute atomic E-state index is 11.9. The fraction of sp³-hybridized carbons (Fsp3) is 0.533. The van der Waals surface area contributed by atoms with Gasteiger partial charge in [-0.3, -0.25) is 14.9 Å². The molecule has 0 aromatic heterocycles. The quantitative estimate of drug-likeness (QED) is 0.645. The Labute approximate surface area is 124 Å². The Morgan fingerprint density at radius 1 is 1.29 bits per heavy atom. The number of hydrogen-bond donors (Lipinski definition) is 2. The minimum absolute atomic E-state index is 0.0627. The van der Waals surface area contributed by atoms with E-state index >= 15 is 0 Å². The molecule has 6 heteroatoms. The fourth-order valence-corrected chi connectivity index (χ4v) is 2.61. The second-order valence-corrected chi connectivity index (χ2v) is 5.62. The molecule has 1 saturated carbocycles. The van der Waals surface area contributed by atoms with Crippen molar-refractivity contribution in [3.8, 4) is 0 Å². The second kappa shape index (κ2) is 6.67. The van der Waals surface area contributed by atoms with E-state index in [0.29, 0.717) is 6.04 Å². The van der Waals surface area contributed by atoms with E-state index in [1.54, 1.807) is 6.07 Å². The molecule has 0 spiro atoms. The van der Waals surface area contributed by atoms with Crippen molar-refractivity contribution in [3.05, 3.63) is 33.4 Å². The lowest BCUT2D eigenvalue weighted by molar-refractivity contribution is -0.384. The molecule has 0 radical (unpaired) electrons. The average Bonchev–Trinajstić information content (AvgIpc) is 2.93. The number of nitro groups is 1. The number of nitrogens with zero attached hydrogens (tertiary/aromatic N) is 1. The predicted octanol–water partition coefficient (Wildman–Crippen LogP) is 2.68. The number of rotatable bonds is 5. The van der Waals surface area contributed by atoms with Gasteiger partial charge < -0.3 is 10.6 Å². The lowest BCUT2D eigenvalue weighted by Crippen LogP contribution is -2.34. The van der Waals surface area contributed by atoms with E-state index in [1.807, 2.05) is 13.8 Å². The van der Waals surface area contributed by atoms with Crippen LogP contribution >= 0.6 is 0 Å². The molecular weight excluding hydrogens is 270 g/mol. The molecule has 1 aromatic carbocycles. The van der Waals surface area contributed by atoms with Crippen LogP contribution in [0.4, 0.5) is 11.4 Å². The van der Waals surface area contributed by atoms with Crippen LogP contribution in [0.15, 0.2) is 12.1 Å². The van der Waals surface area contributed by atoms with E-state index in [9.17, 15) is 14.9 Å². The van der Waals surface area contributed by atoms with Crippen molar-refractivity contribution < 1.29 is 9.72 Å². The van der Waals surface area contributed by atoms with Crippen LogP contribution in [0.2, 0.25) is 0 Å². The number of anilines is 1. The average molecular weight is 291 g/mol. The van der Waals surface area contributed by atoms with Gasteiger partial charge >= 0.3 is 0 Å². The van der Waals surface area contributed by atoms with Crippen molar-refractivity contribution in [2.45, 2.75) is 45.6 Å². The van der Waals surface area contributed by atoms with E-state index in [0.717, 1.165) is 24.0 Å². The third-order valence-corrected chi connectivity index (χ3v) is 3.99. The number of amides is 1. The molecule has 6 nitrogen and oxygen atoms in total. The molecule has 0 saturated heterocycles. The number of benzene rings is 1. The number of nitrogens with one attached hydrogen (secondary N) is 2. The van der Waals surface area contributed by atoms with Crippen LogP contribution in [-0.2, 0) is 4.79 Å². The monoisotopic (exact) mass is 291 g/mol. The van der Waals surface area contributed by atoms with Crippen LogP contribution < -0.4 is 10.6 Å². The summed E-state index contributed by atoms with van der Waals surface area (Å²) >= 11 is 0. The van der Waals surface area contributed by atoms with Gasteiger partial charge in [0.1, 0.15) is 5.69 Å². The predicted molar refractivity (Wildman–Crippen MR) is 81.5 cm³/mol. The first kappa shape index (κ1) is 15.4. The Balaban J connectivity index is 2.02. The first-order chi connectivity index (χ1) is 9.97. The Hall–Kier alpha value is -1.95. The van der Waals surface area contributed by atoms with E-state index in [4.69, 9.17) is 0 Å². The van der Waals surface area contributed by atoms with Crippen LogP contribution in [0.5, 0.6) is 0 Å². The Bertz CT molecular complexity index is 551. The van der Waals surface area contributed by atoms with E-state index < -0.39 is 4.92 Å². The van der Waals surface area contributed by atoms with E-state index in [-0.39, 0.29) is 23.8 Å². The van der Waals surface area contributed by atoms with Gasteiger partial charge in [-0.05, 0) is 43.9 Å². The topological polar surface area (TPSA) is 84.3 Å². The Morgan fingerprint density at radius 3 is 2.52 bits per heavy atom. The summed E-state index contributed by atoms with van der Waals surface area (Å²) in [5.74, 6) is -0.242. The summed E-state index contributed by atoms with van der Waals surface area (Å²) in [5, 5.41) is 16.9. The van der Waals surface area contributed by atoms with Crippen molar-refractivity contribution in [1.82, 2.24) is 5.32 Å². The molecule has 0 heterocycles. The number of aryl methyl sites for hydroxylation is 2. The van der Waals surface area contributed by atoms with Gasteiger partial charge in [0.05, 0.1) is 11.5 Å². The van der Waals surface area contributed by atoms with E-state index in [1.165, 1.54) is 18.9 Å². The molecule has 0 aliphatic heterocycles.